The van der Waals surface area contributed by atoms with Crippen LogP contribution in [0.3, 0.4) is 0 Å². The molecule has 43 heavy (non-hydrogen) atoms. The molecule has 4 aromatic carbocycles. The van der Waals surface area contributed by atoms with Gasteiger partial charge in [0.2, 0.25) is 0 Å². The Hall–Kier alpha value is -5.01. The molecule has 5 aromatic rings. The van der Waals surface area contributed by atoms with Crippen molar-refractivity contribution in [2.24, 2.45) is 0 Å². The fourth-order valence-corrected chi connectivity index (χ4v) is 5.37. The molecule has 1 aliphatic heterocycles. The summed E-state index contributed by atoms with van der Waals surface area (Å²) in [6, 6.07) is 33.4. The van der Waals surface area contributed by atoms with Gasteiger partial charge >= 0.3 is 0 Å². The van der Waals surface area contributed by atoms with E-state index in [4.69, 9.17) is 9.72 Å². The van der Waals surface area contributed by atoms with Crippen LogP contribution in [-0.2, 0) is 0 Å². The molecule has 0 unspecified atom stereocenters. The summed E-state index contributed by atoms with van der Waals surface area (Å²) in [6.45, 7) is 2.04. The maximum Gasteiger partial charge on any atom is 0.261 e. The van der Waals surface area contributed by atoms with Crippen LogP contribution < -0.4 is 10.1 Å². The van der Waals surface area contributed by atoms with Crippen molar-refractivity contribution >= 4 is 41.0 Å². The zero-order chi connectivity index (χ0) is 29.1. The van der Waals surface area contributed by atoms with Crippen LogP contribution in [0.2, 0.25) is 0 Å². The van der Waals surface area contributed by atoms with E-state index in [1.807, 2.05) is 91.9 Å². The van der Waals surface area contributed by atoms with Crippen molar-refractivity contribution in [2.75, 3.05) is 13.2 Å². The quantitative estimate of drug-likeness (QED) is 0.189. The first-order valence-corrected chi connectivity index (χ1v) is 14.0. The third-order valence-corrected chi connectivity index (χ3v) is 7.48. The van der Waals surface area contributed by atoms with Crippen LogP contribution in [0.15, 0.2) is 109 Å². The number of para-hydroxylation sites is 1. The SMILES string of the molecule is CC[C@H](NC(=O)c1c(OCCN2C(=O)c3ccccc3C2=O)c(-c2ccccc2)nc2ccccc12)c1ccccc1.Cl. The lowest BCUT2D eigenvalue weighted by Gasteiger charge is -2.22. The third-order valence-electron chi connectivity index (χ3n) is 7.48. The molecule has 1 aromatic heterocycles. The maximum atomic E-state index is 14.1. The first kappa shape index (κ1) is 29.5. The highest BCUT2D eigenvalue weighted by Crippen LogP contribution is 2.37. The van der Waals surface area contributed by atoms with E-state index in [2.05, 4.69) is 5.32 Å². The minimum Gasteiger partial charge on any atom is -0.489 e. The molecule has 2 heterocycles. The summed E-state index contributed by atoms with van der Waals surface area (Å²) in [7, 11) is 0. The summed E-state index contributed by atoms with van der Waals surface area (Å²) in [5.74, 6) is -0.703. The number of carbonyl (C=O) groups excluding carboxylic acids is 3. The average Bonchev–Trinajstić information content (AvgIpc) is 3.28. The van der Waals surface area contributed by atoms with Gasteiger partial charge in [0.1, 0.15) is 12.3 Å². The molecule has 0 spiro atoms. The monoisotopic (exact) mass is 591 g/mol. The standard InChI is InChI=1S/C35H29N3O4.ClH/c1-2-28(23-13-5-3-6-14-23)37-33(39)30-27-19-11-12-20-29(27)36-31(24-15-7-4-8-16-24)32(30)42-22-21-38-34(40)25-17-9-10-18-26(25)35(38)41;/h3-20,28H,2,21-22H2,1H3,(H,37,39);1H/t28-;/m0./s1. The van der Waals surface area contributed by atoms with Crippen LogP contribution in [0.1, 0.15) is 56.0 Å². The first-order chi connectivity index (χ1) is 20.6. The molecule has 216 valence electrons. The van der Waals surface area contributed by atoms with Gasteiger partial charge in [-0.3, -0.25) is 19.3 Å². The van der Waals surface area contributed by atoms with Gasteiger partial charge in [-0.25, -0.2) is 4.98 Å². The molecule has 0 fully saturated rings. The fraction of sp³-hybridized carbons (Fsp3) is 0.143. The lowest BCUT2D eigenvalue weighted by molar-refractivity contribution is 0.0629. The van der Waals surface area contributed by atoms with Gasteiger partial charge in [0.25, 0.3) is 17.7 Å². The molecule has 7 nitrogen and oxygen atoms in total. The highest BCUT2D eigenvalue weighted by atomic mass is 35.5. The predicted molar refractivity (Wildman–Crippen MR) is 169 cm³/mol. The molecule has 3 amide bonds. The molecule has 0 radical (unpaired) electrons. The molecular formula is C35H30ClN3O4. The normalized spacial score (nSPS) is 12.9. The average molecular weight is 592 g/mol. The van der Waals surface area contributed by atoms with Crippen LogP contribution in [0, 0.1) is 0 Å². The second-order valence-corrected chi connectivity index (χ2v) is 10.0. The number of rotatable bonds is 9. The second kappa shape index (κ2) is 12.9. The number of pyridine rings is 1. The van der Waals surface area contributed by atoms with Gasteiger partial charge in [-0.15, -0.1) is 12.4 Å². The van der Waals surface area contributed by atoms with Crippen molar-refractivity contribution in [3.05, 3.63) is 131 Å². The van der Waals surface area contributed by atoms with Crippen molar-refractivity contribution in [2.45, 2.75) is 19.4 Å². The van der Waals surface area contributed by atoms with Gasteiger partial charge in [0.05, 0.1) is 34.8 Å². The number of benzene rings is 4. The summed E-state index contributed by atoms with van der Waals surface area (Å²) in [5, 5.41) is 3.85. The number of amides is 3. The van der Waals surface area contributed by atoms with Gasteiger partial charge in [-0.2, -0.15) is 0 Å². The summed E-state index contributed by atoms with van der Waals surface area (Å²) in [6.07, 6.45) is 0.695. The van der Waals surface area contributed by atoms with E-state index in [1.54, 1.807) is 24.3 Å². The molecule has 0 saturated heterocycles. The van der Waals surface area contributed by atoms with Gasteiger partial charge in [0, 0.05) is 10.9 Å². The Labute approximate surface area is 255 Å². The molecule has 1 atom stereocenters. The van der Waals surface area contributed by atoms with Crippen LogP contribution in [0.4, 0.5) is 0 Å². The van der Waals surface area contributed by atoms with E-state index in [-0.39, 0.29) is 49.3 Å². The van der Waals surface area contributed by atoms with Crippen LogP contribution in [0.25, 0.3) is 22.2 Å². The number of hydrogen-bond donors (Lipinski definition) is 1. The Bertz CT molecular complexity index is 1760. The largest absolute Gasteiger partial charge is 0.489 e. The van der Waals surface area contributed by atoms with Crippen molar-refractivity contribution in [1.82, 2.24) is 15.2 Å². The predicted octanol–water partition coefficient (Wildman–Crippen LogP) is 6.88. The highest BCUT2D eigenvalue weighted by molar-refractivity contribution is 6.21. The summed E-state index contributed by atoms with van der Waals surface area (Å²) in [4.78, 5) is 46.1. The minimum absolute atomic E-state index is 0. The number of nitrogens with zero attached hydrogens (tertiary/aromatic N) is 2. The first-order valence-electron chi connectivity index (χ1n) is 14.0. The smallest absolute Gasteiger partial charge is 0.261 e. The second-order valence-electron chi connectivity index (χ2n) is 10.0. The molecule has 0 aliphatic carbocycles. The Morgan fingerprint density at radius 2 is 1.40 bits per heavy atom. The van der Waals surface area contributed by atoms with E-state index >= 15 is 0 Å². The molecule has 0 saturated carbocycles. The lowest BCUT2D eigenvalue weighted by atomic mass is 10.00. The highest BCUT2D eigenvalue weighted by Gasteiger charge is 2.35. The van der Waals surface area contributed by atoms with Crippen molar-refractivity contribution in [3.8, 4) is 17.0 Å². The van der Waals surface area contributed by atoms with E-state index < -0.39 is 0 Å². The topological polar surface area (TPSA) is 88.6 Å². The number of carbonyl (C=O) groups is 3. The number of nitrogens with one attached hydrogen (secondary N) is 1. The zero-order valence-electron chi connectivity index (χ0n) is 23.5. The van der Waals surface area contributed by atoms with E-state index in [0.717, 1.165) is 11.1 Å². The Kier molecular flexibility index (Phi) is 8.83. The summed E-state index contributed by atoms with van der Waals surface area (Å²) in [5.41, 5.74) is 4.07. The Balaban J connectivity index is 0.00000368. The van der Waals surface area contributed by atoms with Crippen LogP contribution in [-0.4, -0.2) is 40.8 Å². The summed E-state index contributed by atoms with van der Waals surface area (Å²) >= 11 is 0. The number of aromatic nitrogens is 1. The number of ether oxygens (including phenoxy) is 1. The molecule has 1 aliphatic rings. The van der Waals surface area contributed by atoms with Crippen LogP contribution >= 0.6 is 12.4 Å². The summed E-state index contributed by atoms with van der Waals surface area (Å²) < 4.78 is 6.36. The lowest BCUT2D eigenvalue weighted by Crippen LogP contribution is -2.34. The van der Waals surface area contributed by atoms with E-state index in [9.17, 15) is 14.4 Å². The molecule has 0 bridgehead atoms. The number of fused-ring (bicyclic) bond motifs is 2. The van der Waals surface area contributed by atoms with Gasteiger partial charge in [-0.1, -0.05) is 97.9 Å². The minimum atomic E-state index is -0.356. The third kappa shape index (κ3) is 5.72. The number of halogens is 1. The Morgan fingerprint density at radius 1 is 0.814 bits per heavy atom. The van der Waals surface area contributed by atoms with Gasteiger partial charge in [0.15, 0.2) is 5.75 Å². The van der Waals surface area contributed by atoms with E-state index in [0.29, 0.717) is 45.5 Å². The van der Waals surface area contributed by atoms with Gasteiger partial charge in [-0.05, 0) is 30.2 Å². The zero-order valence-corrected chi connectivity index (χ0v) is 24.3. The van der Waals surface area contributed by atoms with Crippen LogP contribution in [0.5, 0.6) is 5.75 Å². The molecule has 8 heteroatoms. The number of imide groups is 1. The van der Waals surface area contributed by atoms with Crippen molar-refractivity contribution in [1.29, 1.82) is 0 Å². The van der Waals surface area contributed by atoms with Gasteiger partial charge < -0.3 is 10.1 Å². The van der Waals surface area contributed by atoms with Crippen molar-refractivity contribution < 1.29 is 19.1 Å². The molecule has 1 N–H and O–H groups in total. The molecule has 6 rings (SSSR count). The van der Waals surface area contributed by atoms with Crippen molar-refractivity contribution in [3.63, 3.8) is 0 Å². The Morgan fingerprint density at radius 3 is 2.05 bits per heavy atom. The molecular weight excluding hydrogens is 562 g/mol. The fourth-order valence-electron chi connectivity index (χ4n) is 5.37. The number of hydrogen-bond acceptors (Lipinski definition) is 5. The van der Waals surface area contributed by atoms with E-state index in [1.165, 1.54) is 4.90 Å². The maximum absolute atomic E-state index is 14.1.